The van der Waals surface area contributed by atoms with Crippen molar-refractivity contribution in [1.29, 1.82) is 0 Å². The van der Waals surface area contributed by atoms with Crippen LogP contribution in [0.5, 0.6) is 23.0 Å². The summed E-state index contributed by atoms with van der Waals surface area (Å²) in [6.45, 7) is 0.273. The van der Waals surface area contributed by atoms with Gasteiger partial charge in [0.05, 0.1) is 42.2 Å². The number of aromatic nitrogens is 1. The van der Waals surface area contributed by atoms with Gasteiger partial charge < -0.3 is 41.3 Å². The van der Waals surface area contributed by atoms with Crippen LogP contribution in [0.3, 0.4) is 0 Å². The van der Waals surface area contributed by atoms with E-state index in [1.807, 2.05) is 18.2 Å². The Balaban J connectivity index is 0.000000438. The molecule has 0 amide bonds. The van der Waals surface area contributed by atoms with Crippen molar-refractivity contribution in [2.24, 2.45) is 7.05 Å². The Morgan fingerprint density at radius 2 is 1.62 bits per heavy atom. The second kappa shape index (κ2) is 9.54. The Morgan fingerprint density at radius 1 is 1.00 bits per heavy atom. The van der Waals surface area contributed by atoms with Gasteiger partial charge in [0.1, 0.15) is 7.05 Å². The first-order valence-electron chi connectivity index (χ1n) is 9.43. The van der Waals surface area contributed by atoms with Crippen LogP contribution in [0.1, 0.15) is 0 Å². The summed E-state index contributed by atoms with van der Waals surface area (Å²) in [5, 5.41) is 14.7. The van der Waals surface area contributed by atoms with E-state index in [0.29, 0.717) is 0 Å². The van der Waals surface area contributed by atoms with Crippen LogP contribution in [0.4, 0.5) is 0 Å². The second-order valence-electron chi connectivity index (χ2n) is 6.93. The number of benzene rings is 3. The van der Waals surface area contributed by atoms with Gasteiger partial charge in [0, 0.05) is 5.39 Å². The van der Waals surface area contributed by atoms with E-state index >= 15 is 0 Å². The Kier molecular flexibility index (Phi) is 7.01. The predicted molar refractivity (Wildman–Crippen MR) is 115 cm³/mol. The van der Waals surface area contributed by atoms with Crippen LogP contribution in [0.15, 0.2) is 42.6 Å². The average molecular weight is 477 g/mol. The molecule has 0 fully saturated rings. The third kappa shape index (κ3) is 4.13. The summed E-state index contributed by atoms with van der Waals surface area (Å²) in [6, 6.07) is 12.4. The third-order valence-electron chi connectivity index (χ3n) is 5.12. The monoisotopic (exact) mass is 476 g/mol. The molecule has 0 atom stereocenters. The van der Waals surface area contributed by atoms with E-state index in [4.69, 9.17) is 28.8 Å². The predicted octanol–water partition coefficient (Wildman–Crippen LogP) is -0.304. The summed E-state index contributed by atoms with van der Waals surface area (Å²) in [5.41, 5.74) is 1.14. The van der Waals surface area contributed by atoms with Gasteiger partial charge in [-0.15, -0.1) is 11.6 Å². The number of hydrogen-bond acceptors (Lipinski definition) is 6. The van der Waals surface area contributed by atoms with Crippen molar-refractivity contribution in [3.05, 3.63) is 42.6 Å². The lowest BCUT2D eigenvalue weighted by atomic mass is 10.0. The highest BCUT2D eigenvalue weighted by Crippen LogP contribution is 2.40. The van der Waals surface area contributed by atoms with Crippen LogP contribution < -0.4 is 41.0 Å². The minimum Gasteiger partial charge on any atom is -1.00 e. The highest BCUT2D eigenvalue weighted by molar-refractivity contribution is 6.25. The zero-order valence-electron chi connectivity index (χ0n) is 17.6. The van der Waals surface area contributed by atoms with Gasteiger partial charge in [0.25, 0.3) is 0 Å². The Bertz CT molecular complexity index is 1330. The number of rotatable bonds is 3. The number of aliphatic carboxylic acids is 1. The van der Waals surface area contributed by atoms with Crippen LogP contribution in [-0.2, 0) is 11.8 Å². The first kappa shape index (κ1) is 23.5. The molecule has 0 saturated heterocycles. The SMILES string of the molecule is COc1cc2c[n+](C)c3c4cc5c(cc4ccc3c2cc1OC)OCO5.O=C([O-])CCl.[Cl-]. The number of pyridine rings is 1. The normalized spacial score (nSPS) is 11.6. The number of halogens is 2. The minimum absolute atomic E-state index is 0. The molecule has 3 aromatic carbocycles. The van der Waals surface area contributed by atoms with E-state index in [1.165, 1.54) is 0 Å². The van der Waals surface area contributed by atoms with E-state index in [-0.39, 0.29) is 19.2 Å². The van der Waals surface area contributed by atoms with Gasteiger partial charge >= 0.3 is 0 Å². The molecule has 168 valence electrons. The Labute approximate surface area is 195 Å². The van der Waals surface area contributed by atoms with Crippen molar-refractivity contribution in [1.82, 2.24) is 0 Å². The fraction of sp³-hybridized carbons (Fsp3) is 0.217. The zero-order valence-corrected chi connectivity index (χ0v) is 19.1. The lowest BCUT2D eigenvalue weighted by Gasteiger charge is -2.11. The van der Waals surface area contributed by atoms with Crippen LogP contribution in [-0.4, -0.2) is 32.9 Å². The highest BCUT2D eigenvalue weighted by Gasteiger charge is 2.20. The number of hydrogen-bond donors (Lipinski definition) is 0. The molecule has 1 aromatic heterocycles. The number of nitrogens with zero attached hydrogens (tertiary/aromatic N) is 1. The van der Waals surface area contributed by atoms with Gasteiger partial charge in [-0.2, -0.15) is 4.57 Å². The summed E-state index contributed by atoms with van der Waals surface area (Å²) < 4.78 is 24.2. The Hall–Kier alpha value is -3.16. The molecular weight excluding hydrogens is 457 g/mol. The van der Waals surface area contributed by atoms with Gasteiger partial charge in [-0.3, -0.25) is 0 Å². The molecule has 0 spiro atoms. The van der Waals surface area contributed by atoms with Gasteiger partial charge in [-0.05, 0) is 35.7 Å². The van der Waals surface area contributed by atoms with Crippen molar-refractivity contribution in [3.8, 4) is 23.0 Å². The summed E-state index contributed by atoms with van der Waals surface area (Å²) in [4.78, 5) is 9.12. The second-order valence-corrected chi connectivity index (χ2v) is 7.20. The number of methoxy groups -OCH3 is 2. The molecule has 32 heavy (non-hydrogen) atoms. The lowest BCUT2D eigenvalue weighted by Crippen LogP contribution is -3.00. The largest absolute Gasteiger partial charge is 1.00 e. The fourth-order valence-corrected chi connectivity index (χ4v) is 3.80. The van der Waals surface area contributed by atoms with E-state index < -0.39 is 11.8 Å². The molecule has 0 bridgehead atoms. The van der Waals surface area contributed by atoms with Crippen molar-refractivity contribution in [3.63, 3.8) is 0 Å². The summed E-state index contributed by atoms with van der Waals surface area (Å²) >= 11 is 4.67. The van der Waals surface area contributed by atoms with Gasteiger partial charge in [0.15, 0.2) is 29.2 Å². The molecule has 0 unspecified atom stereocenters. The van der Waals surface area contributed by atoms with Crippen molar-refractivity contribution < 1.29 is 45.8 Å². The zero-order chi connectivity index (χ0) is 22.1. The number of carbonyl (C=O) groups excluding carboxylic acids is 1. The summed E-state index contributed by atoms with van der Waals surface area (Å²) in [6.07, 6.45) is 2.11. The van der Waals surface area contributed by atoms with Crippen LogP contribution in [0, 0.1) is 0 Å². The number of carboxylic acids is 1. The van der Waals surface area contributed by atoms with Gasteiger partial charge in [-0.1, -0.05) is 6.07 Å². The molecule has 5 rings (SSSR count). The number of carboxylic acid groups (broad SMARTS) is 1. The van der Waals surface area contributed by atoms with Gasteiger partial charge in [0.2, 0.25) is 12.3 Å². The van der Waals surface area contributed by atoms with Crippen molar-refractivity contribution in [2.75, 3.05) is 26.9 Å². The summed E-state index contributed by atoms with van der Waals surface area (Å²) in [7, 11) is 5.37. The number of fused-ring (bicyclic) bond motifs is 6. The maximum absolute atomic E-state index is 9.12. The number of alkyl halides is 1. The molecule has 0 aliphatic carbocycles. The van der Waals surface area contributed by atoms with E-state index in [9.17, 15) is 0 Å². The number of carbonyl (C=O) groups is 1. The maximum atomic E-state index is 9.12. The molecular formula is C23H20Cl2NO6-. The van der Waals surface area contributed by atoms with Crippen molar-refractivity contribution >= 4 is 50.0 Å². The van der Waals surface area contributed by atoms with Crippen LogP contribution >= 0.6 is 11.6 Å². The number of aryl methyl sites for hydroxylation is 1. The quantitative estimate of drug-likeness (QED) is 0.229. The molecule has 1 aliphatic heterocycles. The molecule has 0 N–H and O–H groups in total. The number of ether oxygens (including phenoxy) is 4. The van der Waals surface area contributed by atoms with E-state index in [0.717, 1.165) is 55.4 Å². The van der Waals surface area contributed by atoms with Gasteiger partial charge in [-0.25, -0.2) is 0 Å². The summed E-state index contributed by atoms with van der Waals surface area (Å²) in [5.74, 6) is 1.39. The first-order valence-corrected chi connectivity index (χ1v) is 9.96. The smallest absolute Gasteiger partial charge is 0.231 e. The first-order chi connectivity index (χ1) is 15.0. The minimum atomic E-state index is -1.23. The fourth-order valence-electron chi connectivity index (χ4n) is 3.80. The maximum Gasteiger partial charge on any atom is 0.231 e. The average Bonchev–Trinajstić information content (AvgIpc) is 3.24. The molecule has 0 saturated carbocycles. The van der Waals surface area contributed by atoms with E-state index in [1.54, 1.807) is 14.2 Å². The molecule has 1 aliphatic rings. The molecule has 0 radical (unpaired) electrons. The molecule has 4 aromatic rings. The van der Waals surface area contributed by atoms with E-state index in [2.05, 4.69) is 47.6 Å². The Morgan fingerprint density at radius 3 is 2.25 bits per heavy atom. The molecule has 2 heterocycles. The lowest BCUT2D eigenvalue weighted by molar-refractivity contribution is -0.642. The molecule has 9 heteroatoms. The topological polar surface area (TPSA) is 80.9 Å². The van der Waals surface area contributed by atoms with Crippen LogP contribution in [0.2, 0.25) is 0 Å². The molecule has 7 nitrogen and oxygen atoms in total. The standard InChI is InChI=1S/C21H18NO4.C2H3ClO2.ClH/c1-22-10-13-7-17(23-2)18(24-3)8-15(13)14-5-4-12-6-19-20(26-11-25-19)9-16(12)21(14)22;3-1-2(4)5;/h4-10H,11H2,1-3H3;1H2,(H,4,5);1H/q+1;;/p-2. The van der Waals surface area contributed by atoms with Crippen molar-refractivity contribution in [2.45, 2.75) is 0 Å². The highest BCUT2D eigenvalue weighted by atomic mass is 35.5. The third-order valence-corrected chi connectivity index (χ3v) is 5.34. The van der Waals surface area contributed by atoms with Crippen LogP contribution in [0.25, 0.3) is 32.4 Å².